The molecule has 0 aliphatic carbocycles. The van der Waals surface area contributed by atoms with Crippen LogP contribution in [-0.2, 0) is 17.8 Å². The molecule has 1 atom stereocenters. The highest BCUT2D eigenvalue weighted by molar-refractivity contribution is 7.99. The number of hydrogen-bond acceptors (Lipinski definition) is 5. The maximum atomic E-state index is 13.2. The van der Waals surface area contributed by atoms with Crippen molar-refractivity contribution >= 4 is 23.4 Å². The number of anilines is 1. The first-order valence-electron chi connectivity index (χ1n) is 10.8. The molecule has 0 N–H and O–H groups in total. The fourth-order valence-corrected chi connectivity index (χ4v) is 4.65. The van der Waals surface area contributed by atoms with Crippen LogP contribution in [0.4, 0.5) is 10.1 Å². The van der Waals surface area contributed by atoms with Gasteiger partial charge >= 0.3 is 0 Å². The number of ether oxygens (including phenoxy) is 1. The summed E-state index contributed by atoms with van der Waals surface area (Å²) in [5, 5.41) is 9.41. The summed E-state index contributed by atoms with van der Waals surface area (Å²) in [5.41, 5.74) is 2.21. The summed E-state index contributed by atoms with van der Waals surface area (Å²) in [6.07, 6.45) is 0.514. The third-order valence-electron chi connectivity index (χ3n) is 5.30. The van der Waals surface area contributed by atoms with E-state index in [1.165, 1.54) is 29.5 Å². The van der Waals surface area contributed by atoms with E-state index in [1.807, 2.05) is 34.6 Å². The van der Waals surface area contributed by atoms with Gasteiger partial charge in [-0.3, -0.25) is 4.79 Å². The van der Waals surface area contributed by atoms with Gasteiger partial charge in [0.05, 0.1) is 5.75 Å². The smallest absolute Gasteiger partial charge is 0.237 e. The summed E-state index contributed by atoms with van der Waals surface area (Å²) in [5.74, 6) is 1.66. The number of carbonyl (C=O) groups excluding carboxylic acids is 1. The second kappa shape index (κ2) is 9.73. The fraction of sp³-hybridized carbons (Fsp3) is 0.375. The topological polar surface area (TPSA) is 60.2 Å². The van der Waals surface area contributed by atoms with Gasteiger partial charge in [0.25, 0.3) is 0 Å². The highest BCUT2D eigenvalue weighted by Crippen LogP contribution is 2.30. The minimum absolute atomic E-state index is 0.0659. The van der Waals surface area contributed by atoms with Gasteiger partial charge in [0, 0.05) is 18.8 Å². The van der Waals surface area contributed by atoms with Crippen LogP contribution < -0.4 is 9.64 Å². The normalized spacial score (nSPS) is 14.0. The van der Waals surface area contributed by atoms with E-state index in [2.05, 4.69) is 30.1 Å². The lowest BCUT2D eigenvalue weighted by Gasteiger charge is -2.19. The first-order chi connectivity index (χ1) is 15.4. The van der Waals surface area contributed by atoms with Crippen LogP contribution in [0.25, 0.3) is 0 Å². The van der Waals surface area contributed by atoms with E-state index >= 15 is 0 Å². The number of benzene rings is 2. The number of carbonyl (C=O) groups is 1. The fourth-order valence-electron chi connectivity index (χ4n) is 3.82. The zero-order chi connectivity index (χ0) is 22.7. The van der Waals surface area contributed by atoms with E-state index in [0.717, 1.165) is 12.1 Å². The standard InChI is InChI=1S/C24H27FN4O2S/c1-16(2)14-29-23(17(3)31-20-10-8-19(25)9-11-20)26-27-24(29)32-15-22(30)28-13-12-18-6-4-5-7-21(18)28/h4-11,16-17H,12-15H2,1-3H3. The van der Waals surface area contributed by atoms with Crippen molar-refractivity contribution in [1.82, 2.24) is 14.8 Å². The van der Waals surface area contributed by atoms with E-state index in [4.69, 9.17) is 4.74 Å². The van der Waals surface area contributed by atoms with Gasteiger partial charge in [-0.25, -0.2) is 4.39 Å². The Morgan fingerprint density at radius 1 is 1.12 bits per heavy atom. The molecule has 0 spiro atoms. The highest BCUT2D eigenvalue weighted by Gasteiger charge is 2.26. The van der Waals surface area contributed by atoms with Crippen LogP contribution in [0.15, 0.2) is 53.7 Å². The first-order valence-corrected chi connectivity index (χ1v) is 11.8. The Balaban J connectivity index is 1.47. The Kier molecular flexibility index (Phi) is 6.79. The molecule has 1 aliphatic heterocycles. The maximum absolute atomic E-state index is 13.2. The van der Waals surface area contributed by atoms with E-state index in [9.17, 15) is 9.18 Å². The molecule has 8 heteroatoms. The van der Waals surface area contributed by atoms with Crippen molar-refractivity contribution in [1.29, 1.82) is 0 Å². The third kappa shape index (κ3) is 4.96. The lowest BCUT2D eigenvalue weighted by molar-refractivity contribution is -0.116. The predicted molar refractivity (Wildman–Crippen MR) is 124 cm³/mol. The van der Waals surface area contributed by atoms with Crippen LogP contribution >= 0.6 is 11.8 Å². The van der Waals surface area contributed by atoms with Crippen LogP contribution in [0, 0.1) is 11.7 Å². The zero-order valence-corrected chi connectivity index (χ0v) is 19.3. The number of halogens is 1. The van der Waals surface area contributed by atoms with Crippen molar-refractivity contribution in [3.63, 3.8) is 0 Å². The molecule has 3 aromatic rings. The summed E-state index contributed by atoms with van der Waals surface area (Å²) in [4.78, 5) is 14.8. The third-order valence-corrected chi connectivity index (χ3v) is 6.25. The zero-order valence-electron chi connectivity index (χ0n) is 18.5. The molecule has 2 heterocycles. The summed E-state index contributed by atoms with van der Waals surface area (Å²) >= 11 is 1.40. The molecule has 0 saturated carbocycles. The Morgan fingerprint density at radius 3 is 2.62 bits per heavy atom. The molecule has 4 rings (SSSR count). The molecule has 32 heavy (non-hydrogen) atoms. The van der Waals surface area contributed by atoms with Gasteiger partial charge in [0.15, 0.2) is 17.1 Å². The van der Waals surface area contributed by atoms with Crippen molar-refractivity contribution in [2.45, 2.75) is 45.0 Å². The van der Waals surface area contributed by atoms with Crippen LogP contribution in [0.5, 0.6) is 5.75 Å². The molecule has 0 bridgehead atoms. The van der Waals surface area contributed by atoms with Crippen LogP contribution in [0.1, 0.15) is 38.3 Å². The lowest BCUT2D eigenvalue weighted by Crippen LogP contribution is -2.30. The van der Waals surface area contributed by atoms with Crippen LogP contribution in [-0.4, -0.2) is 33.0 Å². The minimum atomic E-state index is -0.373. The van der Waals surface area contributed by atoms with Crippen molar-refractivity contribution in [3.8, 4) is 5.75 Å². The number of thioether (sulfide) groups is 1. The Bertz CT molecular complexity index is 1080. The molecule has 168 valence electrons. The van der Waals surface area contributed by atoms with E-state index in [0.29, 0.717) is 35.7 Å². The molecule has 2 aromatic carbocycles. The first kappa shape index (κ1) is 22.3. The van der Waals surface area contributed by atoms with Gasteiger partial charge in [-0.2, -0.15) is 0 Å². The van der Waals surface area contributed by atoms with Gasteiger partial charge in [-0.15, -0.1) is 10.2 Å². The predicted octanol–water partition coefficient (Wildman–Crippen LogP) is 4.89. The van der Waals surface area contributed by atoms with Crippen molar-refractivity contribution in [2.24, 2.45) is 5.92 Å². The number of nitrogens with zero attached hydrogens (tertiary/aromatic N) is 4. The number of fused-ring (bicyclic) bond motifs is 1. The Morgan fingerprint density at radius 2 is 1.88 bits per heavy atom. The molecule has 1 aromatic heterocycles. The highest BCUT2D eigenvalue weighted by atomic mass is 32.2. The number of hydrogen-bond donors (Lipinski definition) is 0. The second-order valence-electron chi connectivity index (χ2n) is 8.27. The molecule has 1 aliphatic rings. The Labute approximate surface area is 191 Å². The van der Waals surface area contributed by atoms with E-state index < -0.39 is 0 Å². The van der Waals surface area contributed by atoms with Crippen molar-refractivity contribution in [3.05, 3.63) is 65.7 Å². The van der Waals surface area contributed by atoms with Crippen LogP contribution in [0.2, 0.25) is 0 Å². The van der Waals surface area contributed by atoms with Gasteiger partial charge in [-0.1, -0.05) is 43.8 Å². The number of aromatic nitrogens is 3. The van der Waals surface area contributed by atoms with E-state index in [-0.39, 0.29) is 23.6 Å². The van der Waals surface area contributed by atoms with Gasteiger partial charge in [-0.05, 0) is 55.2 Å². The minimum Gasteiger partial charge on any atom is -0.483 e. The monoisotopic (exact) mass is 454 g/mol. The molecular formula is C24H27FN4O2S. The van der Waals surface area contributed by atoms with Gasteiger partial charge in [0.1, 0.15) is 11.6 Å². The summed E-state index contributed by atoms with van der Waals surface area (Å²) in [6.45, 7) is 7.56. The lowest BCUT2D eigenvalue weighted by atomic mass is 10.2. The maximum Gasteiger partial charge on any atom is 0.237 e. The molecular weight excluding hydrogens is 427 g/mol. The Hall–Kier alpha value is -2.87. The molecule has 1 unspecified atom stereocenters. The number of para-hydroxylation sites is 1. The second-order valence-corrected chi connectivity index (χ2v) is 9.21. The summed E-state index contributed by atoms with van der Waals surface area (Å²) < 4.78 is 21.2. The average molecular weight is 455 g/mol. The van der Waals surface area contributed by atoms with Gasteiger partial charge < -0.3 is 14.2 Å². The SMILES string of the molecule is CC(C)Cn1c(SCC(=O)N2CCc3ccccc32)nnc1C(C)Oc1ccc(F)cc1. The molecule has 0 radical (unpaired) electrons. The largest absolute Gasteiger partial charge is 0.483 e. The average Bonchev–Trinajstić information content (AvgIpc) is 3.37. The van der Waals surface area contributed by atoms with Crippen molar-refractivity contribution < 1.29 is 13.9 Å². The van der Waals surface area contributed by atoms with Crippen molar-refractivity contribution in [2.75, 3.05) is 17.2 Å². The summed E-state index contributed by atoms with van der Waals surface area (Å²) in [6, 6.07) is 14.0. The molecule has 1 amide bonds. The van der Waals surface area contributed by atoms with Crippen LogP contribution in [0.3, 0.4) is 0 Å². The number of amides is 1. The van der Waals surface area contributed by atoms with E-state index in [1.54, 1.807) is 12.1 Å². The quantitative estimate of drug-likeness (QED) is 0.454. The molecule has 6 nitrogen and oxygen atoms in total. The molecule has 0 saturated heterocycles. The number of rotatable bonds is 8. The van der Waals surface area contributed by atoms with Gasteiger partial charge in [0.2, 0.25) is 5.91 Å². The summed E-state index contributed by atoms with van der Waals surface area (Å²) in [7, 11) is 0. The molecule has 0 fully saturated rings.